The summed E-state index contributed by atoms with van der Waals surface area (Å²) in [4.78, 5) is 11.7. The first-order valence-electron chi connectivity index (χ1n) is 9.91. The molecule has 9 heteroatoms. The molecule has 0 aliphatic heterocycles. The van der Waals surface area contributed by atoms with Crippen LogP contribution < -0.4 is 17.7 Å². The monoisotopic (exact) mass is 428 g/mol. The molecule has 0 radical (unpaired) electrons. The van der Waals surface area contributed by atoms with Gasteiger partial charge in [0, 0.05) is 32.4 Å². The number of alkyl carbamates (subject to hydrolysis) is 1. The van der Waals surface area contributed by atoms with Crippen molar-refractivity contribution < 1.29 is 39.7 Å². The van der Waals surface area contributed by atoms with Gasteiger partial charge in [-0.05, 0) is 25.7 Å². The Balaban J connectivity index is 0. The smallest absolute Gasteiger partial charge is 0.501 e. The molecule has 0 saturated carbocycles. The SMILES string of the molecule is CCCO[Si](CCCNC(=O)OCC[N+](C)(C)C)(OCCC)OCCC.[Cl-]. The van der Waals surface area contributed by atoms with Crippen molar-refractivity contribution in [1.82, 2.24) is 5.32 Å². The topological polar surface area (TPSA) is 66.0 Å². The van der Waals surface area contributed by atoms with Crippen LogP contribution in [-0.2, 0) is 18.0 Å². The first-order chi connectivity index (χ1) is 12.3. The number of likely N-dealkylation sites (N-methyl/N-ethyl adjacent to an activating group) is 1. The molecule has 0 fully saturated rings. The number of quaternary nitrogens is 1. The number of carbonyl (C=O) groups is 1. The third kappa shape index (κ3) is 16.3. The number of hydrogen-bond donors (Lipinski definition) is 1. The molecule has 0 atom stereocenters. The molecule has 0 saturated heterocycles. The molecular weight excluding hydrogens is 388 g/mol. The molecule has 0 aromatic heterocycles. The van der Waals surface area contributed by atoms with Gasteiger partial charge in [0.25, 0.3) is 0 Å². The number of hydrogen-bond acceptors (Lipinski definition) is 5. The van der Waals surface area contributed by atoms with Crippen LogP contribution in [0.25, 0.3) is 0 Å². The molecule has 1 N–H and O–H groups in total. The van der Waals surface area contributed by atoms with Crippen LogP contribution in [0.15, 0.2) is 0 Å². The quantitative estimate of drug-likeness (QED) is 0.213. The summed E-state index contributed by atoms with van der Waals surface area (Å²) in [5.74, 6) is 0. The van der Waals surface area contributed by atoms with E-state index in [0.717, 1.165) is 36.7 Å². The molecule has 0 spiro atoms. The van der Waals surface area contributed by atoms with Crippen LogP contribution in [0.3, 0.4) is 0 Å². The summed E-state index contributed by atoms with van der Waals surface area (Å²) >= 11 is 0. The van der Waals surface area contributed by atoms with Crippen LogP contribution in [0.4, 0.5) is 4.79 Å². The molecule has 0 aliphatic rings. The lowest BCUT2D eigenvalue weighted by molar-refractivity contribution is -0.870. The minimum absolute atomic E-state index is 0. The van der Waals surface area contributed by atoms with Gasteiger partial charge in [-0.15, -0.1) is 0 Å². The van der Waals surface area contributed by atoms with Crippen LogP contribution >= 0.6 is 0 Å². The molecule has 0 aliphatic carbocycles. The highest BCUT2D eigenvalue weighted by molar-refractivity contribution is 6.60. The van der Waals surface area contributed by atoms with Crippen molar-refractivity contribution >= 4 is 14.9 Å². The molecule has 0 heterocycles. The van der Waals surface area contributed by atoms with E-state index >= 15 is 0 Å². The van der Waals surface area contributed by atoms with Gasteiger partial charge in [0.05, 0.1) is 21.1 Å². The Kier molecular flexibility index (Phi) is 17.7. The lowest BCUT2D eigenvalue weighted by Gasteiger charge is -2.29. The predicted octanol–water partition coefficient (Wildman–Crippen LogP) is 0.0316. The second kappa shape index (κ2) is 16.6. The second-order valence-electron chi connectivity index (χ2n) is 7.41. The molecule has 27 heavy (non-hydrogen) atoms. The number of carbonyl (C=O) groups excluding carboxylic acids is 1. The molecule has 0 bridgehead atoms. The van der Waals surface area contributed by atoms with Gasteiger partial charge in [0.2, 0.25) is 0 Å². The number of halogens is 1. The third-order valence-corrected chi connectivity index (χ3v) is 6.40. The number of nitrogens with zero attached hydrogens (tertiary/aromatic N) is 1. The molecule has 1 amide bonds. The maximum absolute atomic E-state index is 11.7. The number of rotatable bonds is 16. The van der Waals surface area contributed by atoms with Crippen molar-refractivity contribution in [2.24, 2.45) is 0 Å². The summed E-state index contributed by atoms with van der Waals surface area (Å²) in [5, 5.41) is 2.80. The highest BCUT2D eigenvalue weighted by Gasteiger charge is 2.40. The van der Waals surface area contributed by atoms with Gasteiger partial charge in [-0.2, -0.15) is 0 Å². The summed E-state index contributed by atoms with van der Waals surface area (Å²) in [5.41, 5.74) is 0. The fourth-order valence-corrected chi connectivity index (χ4v) is 4.91. The van der Waals surface area contributed by atoms with Crippen LogP contribution in [0.5, 0.6) is 0 Å². The number of nitrogens with one attached hydrogen (secondary N) is 1. The minimum atomic E-state index is -2.68. The summed E-state index contributed by atoms with van der Waals surface area (Å²) < 4.78 is 24.1. The van der Waals surface area contributed by atoms with Crippen molar-refractivity contribution in [3.8, 4) is 0 Å². The predicted molar refractivity (Wildman–Crippen MR) is 106 cm³/mol. The highest BCUT2D eigenvalue weighted by atomic mass is 35.5. The zero-order valence-electron chi connectivity index (χ0n) is 18.1. The first-order valence-corrected chi connectivity index (χ1v) is 11.8. The van der Waals surface area contributed by atoms with E-state index in [1.165, 1.54) is 0 Å². The van der Waals surface area contributed by atoms with Crippen molar-refractivity contribution in [1.29, 1.82) is 0 Å². The molecule has 0 rings (SSSR count). The van der Waals surface area contributed by atoms with Crippen LogP contribution in [-0.4, -0.2) is 80.0 Å². The van der Waals surface area contributed by atoms with Gasteiger partial charge < -0.3 is 40.2 Å². The van der Waals surface area contributed by atoms with E-state index in [1.54, 1.807) is 0 Å². The van der Waals surface area contributed by atoms with Gasteiger partial charge >= 0.3 is 14.9 Å². The van der Waals surface area contributed by atoms with E-state index < -0.39 is 8.80 Å². The third-order valence-electron chi connectivity index (χ3n) is 3.50. The Bertz CT molecular complexity index is 348. The fourth-order valence-electron chi connectivity index (χ4n) is 2.07. The summed E-state index contributed by atoms with van der Waals surface area (Å²) in [6, 6.07) is 0.701. The standard InChI is InChI=1S/C18H40N2O5Si.ClH/c1-7-13-23-26(24-14-8-2,25-15-9-3)17-10-11-19-18(21)22-16-12-20(4,5)6;/h7-17H2,1-6H3;1H. The van der Waals surface area contributed by atoms with Crippen LogP contribution in [0.1, 0.15) is 46.5 Å². The molecule has 0 aromatic carbocycles. The van der Waals surface area contributed by atoms with Crippen molar-refractivity contribution in [3.05, 3.63) is 0 Å². The average Bonchev–Trinajstić information content (AvgIpc) is 2.58. The number of amides is 1. The molecular formula is C18H41ClN2O5Si. The van der Waals surface area contributed by atoms with E-state index in [0.29, 0.717) is 39.0 Å². The van der Waals surface area contributed by atoms with E-state index in [2.05, 4.69) is 47.2 Å². The van der Waals surface area contributed by atoms with Gasteiger partial charge in [-0.3, -0.25) is 0 Å². The van der Waals surface area contributed by atoms with Gasteiger partial charge in [-0.25, -0.2) is 4.79 Å². The van der Waals surface area contributed by atoms with Gasteiger partial charge in [0.1, 0.15) is 13.2 Å². The molecule has 7 nitrogen and oxygen atoms in total. The Morgan fingerprint density at radius 1 is 0.889 bits per heavy atom. The second-order valence-corrected chi connectivity index (χ2v) is 10.1. The highest BCUT2D eigenvalue weighted by Crippen LogP contribution is 2.19. The zero-order valence-corrected chi connectivity index (χ0v) is 19.9. The molecule has 0 unspecified atom stereocenters. The fraction of sp³-hybridized carbons (Fsp3) is 0.944. The average molecular weight is 429 g/mol. The largest absolute Gasteiger partial charge is 1.00 e. The summed E-state index contributed by atoms with van der Waals surface area (Å²) in [6.45, 7) is 9.86. The van der Waals surface area contributed by atoms with E-state index in [-0.39, 0.29) is 18.5 Å². The minimum Gasteiger partial charge on any atom is -1.00 e. The van der Waals surface area contributed by atoms with E-state index in [4.69, 9.17) is 18.0 Å². The summed E-state index contributed by atoms with van der Waals surface area (Å²) in [6.07, 6.45) is 3.15. The lowest BCUT2D eigenvalue weighted by Crippen LogP contribution is -3.00. The number of ether oxygens (including phenoxy) is 1. The van der Waals surface area contributed by atoms with Crippen LogP contribution in [0.2, 0.25) is 6.04 Å². The van der Waals surface area contributed by atoms with Crippen molar-refractivity contribution in [2.75, 3.05) is 60.7 Å². The van der Waals surface area contributed by atoms with Crippen molar-refractivity contribution in [2.45, 2.75) is 52.5 Å². The van der Waals surface area contributed by atoms with Gasteiger partial charge in [-0.1, -0.05) is 20.8 Å². The molecule has 164 valence electrons. The van der Waals surface area contributed by atoms with Crippen molar-refractivity contribution in [3.63, 3.8) is 0 Å². The van der Waals surface area contributed by atoms with E-state index in [1.807, 2.05) is 0 Å². The van der Waals surface area contributed by atoms with Gasteiger partial charge in [0.15, 0.2) is 0 Å². The zero-order chi connectivity index (χ0) is 19.9. The van der Waals surface area contributed by atoms with E-state index in [9.17, 15) is 4.79 Å². The Morgan fingerprint density at radius 2 is 1.37 bits per heavy atom. The molecule has 0 aromatic rings. The maximum Gasteiger partial charge on any atom is 0.501 e. The summed E-state index contributed by atoms with van der Waals surface area (Å²) in [7, 11) is 3.52. The Hall–Kier alpha value is -0.383. The lowest BCUT2D eigenvalue weighted by atomic mass is 10.5. The maximum atomic E-state index is 11.7. The Morgan fingerprint density at radius 3 is 1.78 bits per heavy atom. The Labute approximate surface area is 173 Å². The van der Waals surface area contributed by atoms with Crippen LogP contribution in [0, 0.1) is 0 Å². The normalized spacial score (nSPS) is 11.8. The first kappa shape index (κ1) is 28.8.